The number of thioether (sulfide) groups is 1. The van der Waals surface area contributed by atoms with Gasteiger partial charge in [0, 0.05) is 11.4 Å². The van der Waals surface area contributed by atoms with Gasteiger partial charge in [0.1, 0.15) is 4.83 Å². The molecule has 1 atom stereocenters. The maximum atomic E-state index is 13.7. The molecule has 1 aromatic carbocycles. The van der Waals surface area contributed by atoms with Crippen molar-refractivity contribution in [1.29, 1.82) is 0 Å². The molecule has 1 aliphatic carbocycles. The quantitative estimate of drug-likeness (QED) is 0.488. The van der Waals surface area contributed by atoms with E-state index in [0.29, 0.717) is 11.7 Å². The Labute approximate surface area is 178 Å². The molecule has 1 unspecified atom stereocenters. The highest BCUT2D eigenvalue weighted by molar-refractivity contribution is 8.00. The third kappa shape index (κ3) is 3.85. The van der Waals surface area contributed by atoms with Crippen molar-refractivity contribution in [2.24, 2.45) is 0 Å². The van der Waals surface area contributed by atoms with E-state index in [4.69, 9.17) is 4.98 Å². The summed E-state index contributed by atoms with van der Waals surface area (Å²) in [4.78, 5) is 32.9. The lowest BCUT2D eigenvalue weighted by Gasteiger charge is -2.16. The van der Waals surface area contributed by atoms with Gasteiger partial charge in [-0.1, -0.05) is 29.5 Å². The summed E-state index contributed by atoms with van der Waals surface area (Å²) in [6.45, 7) is 6.36. The van der Waals surface area contributed by atoms with Gasteiger partial charge in [-0.25, -0.2) is 4.98 Å². The van der Waals surface area contributed by atoms with Crippen LogP contribution in [0.4, 0.5) is 0 Å². The highest BCUT2D eigenvalue weighted by Crippen LogP contribution is 2.35. The van der Waals surface area contributed by atoms with E-state index in [9.17, 15) is 9.59 Å². The van der Waals surface area contributed by atoms with Crippen molar-refractivity contribution in [1.82, 2.24) is 14.9 Å². The minimum absolute atomic E-state index is 0.0242. The van der Waals surface area contributed by atoms with Crippen LogP contribution in [-0.4, -0.2) is 27.3 Å². The molecule has 1 N–H and O–H groups in total. The van der Waals surface area contributed by atoms with Gasteiger partial charge < -0.3 is 5.32 Å². The van der Waals surface area contributed by atoms with Gasteiger partial charge >= 0.3 is 0 Å². The number of aryl methyl sites for hydroxylation is 3. The van der Waals surface area contributed by atoms with Gasteiger partial charge in [-0.15, -0.1) is 11.3 Å². The molecule has 1 aliphatic rings. The number of hydrogen-bond acceptors (Lipinski definition) is 5. The van der Waals surface area contributed by atoms with Gasteiger partial charge in [0.15, 0.2) is 5.16 Å². The molecule has 0 aliphatic heterocycles. The first kappa shape index (κ1) is 20.2. The molecule has 0 radical (unpaired) electrons. The Morgan fingerprint density at radius 3 is 2.72 bits per heavy atom. The fourth-order valence-corrected chi connectivity index (χ4v) is 5.97. The third-order valence-corrected chi connectivity index (χ3v) is 7.49. The van der Waals surface area contributed by atoms with Crippen LogP contribution >= 0.6 is 23.1 Å². The van der Waals surface area contributed by atoms with E-state index in [2.05, 4.69) is 5.32 Å². The Balaban J connectivity index is 1.90. The van der Waals surface area contributed by atoms with Gasteiger partial charge in [-0.3, -0.25) is 14.2 Å². The molecule has 2 heterocycles. The summed E-state index contributed by atoms with van der Waals surface area (Å²) in [7, 11) is 0. The van der Waals surface area contributed by atoms with E-state index >= 15 is 0 Å². The predicted octanol–water partition coefficient (Wildman–Crippen LogP) is 4.25. The van der Waals surface area contributed by atoms with E-state index in [1.807, 2.05) is 45.0 Å². The third-order valence-electron chi connectivity index (χ3n) is 5.25. The molecule has 0 spiro atoms. The van der Waals surface area contributed by atoms with Crippen LogP contribution in [0.25, 0.3) is 15.9 Å². The number of hydrogen-bond donors (Lipinski definition) is 1. The lowest BCUT2D eigenvalue weighted by atomic mass is 9.97. The smallest absolute Gasteiger partial charge is 0.267 e. The first-order chi connectivity index (χ1) is 14.0. The van der Waals surface area contributed by atoms with Gasteiger partial charge in [0.05, 0.1) is 16.3 Å². The van der Waals surface area contributed by atoms with Crippen molar-refractivity contribution in [3.05, 3.63) is 50.6 Å². The lowest BCUT2D eigenvalue weighted by Crippen LogP contribution is -2.31. The second-order valence-electron chi connectivity index (χ2n) is 7.42. The number of thiophene rings is 1. The second-order valence-corrected chi connectivity index (χ2v) is 9.81. The van der Waals surface area contributed by atoms with Crippen molar-refractivity contribution in [3.8, 4) is 5.69 Å². The Morgan fingerprint density at radius 1 is 1.28 bits per heavy atom. The Bertz CT molecular complexity index is 1120. The van der Waals surface area contributed by atoms with Crippen LogP contribution in [0.2, 0.25) is 0 Å². The van der Waals surface area contributed by atoms with Crippen molar-refractivity contribution in [2.45, 2.75) is 56.9 Å². The molecule has 7 heteroatoms. The first-order valence-electron chi connectivity index (χ1n) is 10.1. The Hall–Kier alpha value is -2.12. The molecule has 2 aromatic heterocycles. The summed E-state index contributed by atoms with van der Waals surface area (Å²) < 4.78 is 1.68. The Morgan fingerprint density at radius 2 is 2.00 bits per heavy atom. The number of aromatic nitrogens is 2. The van der Waals surface area contributed by atoms with Crippen LogP contribution in [0.3, 0.4) is 0 Å². The molecule has 0 fully saturated rings. The molecule has 0 saturated heterocycles. The molecule has 0 saturated carbocycles. The molecule has 29 heavy (non-hydrogen) atoms. The minimum Gasteiger partial charge on any atom is -0.355 e. The number of nitrogens with zero attached hydrogens (tertiary/aromatic N) is 2. The lowest BCUT2D eigenvalue weighted by molar-refractivity contribution is -0.120. The minimum atomic E-state index is -0.342. The molecule has 152 valence electrons. The number of nitrogens with one attached hydrogen (secondary N) is 1. The van der Waals surface area contributed by atoms with Crippen LogP contribution in [0.5, 0.6) is 0 Å². The molecule has 3 aromatic rings. The van der Waals surface area contributed by atoms with E-state index in [-0.39, 0.29) is 16.7 Å². The summed E-state index contributed by atoms with van der Waals surface area (Å²) in [6.07, 6.45) is 4.26. The van der Waals surface area contributed by atoms with Crippen molar-refractivity contribution in [3.63, 3.8) is 0 Å². The van der Waals surface area contributed by atoms with E-state index in [1.54, 1.807) is 15.9 Å². The first-order valence-corrected chi connectivity index (χ1v) is 11.8. The normalized spacial score (nSPS) is 14.6. The number of amides is 1. The zero-order valence-corrected chi connectivity index (χ0v) is 18.6. The number of carbonyl (C=O) groups excluding carboxylic acids is 1. The highest BCUT2D eigenvalue weighted by Gasteiger charge is 2.24. The number of carbonyl (C=O) groups is 1. The Kier molecular flexibility index (Phi) is 5.79. The van der Waals surface area contributed by atoms with Crippen LogP contribution < -0.4 is 10.9 Å². The molecule has 0 bridgehead atoms. The van der Waals surface area contributed by atoms with Gasteiger partial charge in [-0.05, 0) is 64.2 Å². The topological polar surface area (TPSA) is 64.0 Å². The van der Waals surface area contributed by atoms with E-state index in [0.717, 1.165) is 40.7 Å². The number of rotatable bonds is 5. The van der Waals surface area contributed by atoms with Crippen LogP contribution in [0, 0.1) is 6.92 Å². The average Bonchev–Trinajstić information content (AvgIpc) is 3.08. The highest BCUT2D eigenvalue weighted by atomic mass is 32.2. The van der Waals surface area contributed by atoms with Crippen LogP contribution in [-0.2, 0) is 17.6 Å². The summed E-state index contributed by atoms with van der Waals surface area (Å²) in [5.41, 5.74) is 3.08. The number of fused-ring (bicyclic) bond motifs is 3. The van der Waals surface area contributed by atoms with Crippen molar-refractivity contribution >= 4 is 39.2 Å². The second kappa shape index (κ2) is 8.32. The van der Waals surface area contributed by atoms with Gasteiger partial charge in [0.2, 0.25) is 5.91 Å². The van der Waals surface area contributed by atoms with Crippen molar-refractivity contribution in [2.75, 3.05) is 6.54 Å². The zero-order valence-electron chi connectivity index (χ0n) is 16.9. The predicted molar refractivity (Wildman–Crippen MR) is 121 cm³/mol. The molecular formula is C22H25N3O2S2. The SMILES string of the molecule is CCNC(=O)C(C)Sc1nc2sc3c(c2c(=O)n1-c1ccc(C)cc1)CCCC3. The monoisotopic (exact) mass is 427 g/mol. The molecular weight excluding hydrogens is 402 g/mol. The maximum Gasteiger partial charge on any atom is 0.267 e. The van der Waals surface area contributed by atoms with Crippen molar-refractivity contribution < 1.29 is 4.79 Å². The molecule has 1 amide bonds. The summed E-state index contributed by atoms with van der Waals surface area (Å²) in [5.74, 6) is -0.0484. The molecule has 4 rings (SSSR count). The van der Waals surface area contributed by atoms with Gasteiger partial charge in [0.25, 0.3) is 5.56 Å². The largest absolute Gasteiger partial charge is 0.355 e. The number of benzene rings is 1. The summed E-state index contributed by atoms with van der Waals surface area (Å²) >= 11 is 2.98. The van der Waals surface area contributed by atoms with Crippen LogP contribution in [0.15, 0.2) is 34.2 Å². The maximum absolute atomic E-state index is 13.7. The van der Waals surface area contributed by atoms with E-state index < -0.39 is 0 Å². The summed E-state index contributed by atoms with van der Waals surface area (Å²) in [5, 5.41) is 3.85. The fourth-order valence-electron chi connectivity index (χ4n) is 3.72. The van der Waals surface area contributed by atoms with Crippen LogP contribution in [0.1, 0.15) is 42.7 Å². The standard InChI is InChI=1S/C22H25N3O2S2/c1-4-23-19(26)14(3)28-22-24-20-18(16-7-5-6-8-17(16)29-20)21(27)25(22)15-11-9-13(2)10-12-15/h9-12,14H,4-8H2,1-3H3,(H,23,26). The zero-order chi connectivity index (χ0) is 20.5. The molecule has 5 nitrogen and oxygen atoms in total. The summed E-state index contributed by atoms with van der Waals surface area (Å²) in [6, 6.07) is 7.89. The van der Waals surface area contributed by atoms with Gasteiger partial charge in [-0.2, -0.15) is 0 Å². The average molecular weight is 428 g/mol. The van der Waals surface area contributed by atoms with E-state index in [1.165, 1.54) is 28.6 Å². The fraction of sp³-hybridized carbons (Fsp3) is 0.409.